The van der Waals surface area contributed by atoms with Crippen molar-refractivity contribution < 1.29 is 9.59 Å². The quantitative estimate of drug-likeness (QED) is 0.354. The number of nitrogens with zero attached hydrogens (tertiary/aromatic N) is 3. The number of rotatable bonds is 9. The minimum absolute atomic E-state index is 0.0515. The van der Waals surface area contributed by atoms with Crippen LogP contribution in [0.25, 0.3) is 11.3 Å². The minimum Gasteiger partial charge on any atom is -0.351 e. The van der Waals surface area contributed by atoms with Crippen LogP contribution in [0.3, 0.4) is 0 Å². The smallest absolute Gasteiger partial charge is 0.261 e. The third-order valence-electron chi connectivity index (χ3n) is 5.38. The van der Waals surface area contributed by atoms with E-state index in [0.717, 1.165) is 22.4 Å². The number of aromatic nitrogens is 2. The largest absolute Gasteiger partial charge is 0.351 e. The second-order valence-corrected chi connectivity index (χ2v) is 9.25. The van der Waals surface area contributed by atoms with E-state index in [0.29, 0.717) is 23.0 Å². The summed E-state index contributed by atoms with van der Waals surface area (Å²) in [6, 6.07) is 21.2. The van der Waals surface area contributed by atoms with Gasteiger partial charge in [-0.25, -0.2) is 0 Å². The summed E-state index contributed by atoms with van der Waals surface area (Å²) in [5, 5.41) is 10.2. The molecule has 34 heavy (non-hydrogen) atoms. The van der Waals surface area contributed by atoms with Crippen molar-refractivity contribution in [1.82, 2.24) is 20.0 Å². The average Bonchev–Trinajstić information content (AvgIpc) is 3.51. The van der Waals surface area contributed by atoms with E-state index in [-0.39, 0.29) is 24.8 Å². The van der Waals surface area contributed by atoms with Gasteiger partial charge in [0.1, 0.15) is 0 Å². The Morgan fingerprint density at radius 3 is 2.53 bits per heavy atom. The number of carbonyl (C=O) groups is 2. The highest BCUT2D eigenvalue weighted by molar-refractivity contribution is 7.12. The van der Waals surface area contributed by atoms with Gasteiger partial charge < -0.3 is 10.2 Å². The lowest BCUT2D eigenvalue weighted by Crippen LogP contribution is -2.31. The lowest BCUT2D eigenvalue weighted by atomic mass is 10.1. The standard InChI is InChI=1S/C26H25ClN4O2S/c1-30(24(32)13-14-28-26(33)23-12-7-15-34-23)16-21-18-31(17-20-10-5-6-11-22(20)27)29-25(21)19-8-3-2-4-9-19/h2-12,15,18H,13-14,16-17H2,1H3,(H,28,33). The number of hydrogen-bond donors (Lipinski definition) is 1. The molecule has 0 fully saturated rings. The van der Waals surface area contributed by atoms with E-state index in [4.69, 9.17) is 16.7 Å². The van der Waals surface area contributed by atoms with Crippen molar-refractivity contribution in [2.45, 2.75) is 19.5 Å². The van der Waals surface area contributed by atoms with Crippen LogP contribution >= 0.6 is 22.9 Å². The van der Waals surface area contributed by atoms with Crippen molar-refractivity contribution in [3.63, 3.8) is 0 Å². The summed E-state index contributed by atoms with van der Waals surface area (Å²) in [5.41, 5.74) is 3.73. The summed E-state index contributed by atoms with van der Waals surface area (Å²) in [7, 11) is 1.77. The van der Waals surface area contributed by atoms with Gasteiger partial charge in [-0.3, -0.25) is 14.3 Å². The highest BCUT2D eigenvalue weighted by atomic mass is 35.5. The normalized spacial score (nSPS) is 10.8. The van der Waals surface area contributed by atoms with E-state index in [1.165, 1.54) is 11.3 Å². The van der Waals surface area contributed by atoms with Gasteiger partial charge in [0.05, 0.1) is 17.1 Å². The third kappa shape index (κ3) is 5.92. The Hall–Kier alpha value is -3.42. The molecule has 0 atom stereocenters. The fraction of sp³-hybridized carbons (Fsp3) is 0.192. The van der Waals surface area contributed by atoms with E-state index in [1.807, 2.05) is 76.9 Å². The second-order valence-electron chi connectivity index (χ2n) is 7.89. The SMILES string of the molecule is CN(Cc1cn(Cc2ccccc2Cl)nc1-c1ccccc1)C(=O)CCNC(=O)c1cccs1. The molecule has 0 spiro atoms. The summed E-state index contributed by atoms with van der Waals surface area (Å²) in [6.45, 7) is 1.23. The first-order chi connectivity index (χ1) is 16.5. The van der Waals surface area contributed by atoms with Crippen LogP contribution in [0, 0.1) is 0 Å². The molecule has 8 heteroatoms. The maximum atomic E-state index is 12.7. The van der Waals surface area contributed by atoms with Crippen LogP contribution in [0.2, 0.25) is 5.02 Å². The average molecular weight is 493 g/mol. The van der Waals surface area contributed by atoms with Crippen LogP contribution in [0.1, 0.15) is 27.2 Å². The highest BCUT2D eigenvalue weighted by Crippen LogP contribution is 2.24. The summed E-state index contributed by atoms with van der Waals surface area (Å²) < 4.78 is 1.86. The van der Waals surface area contributed by atoms with Gasteiger partial charge in [0, 0.05) is 48.9 Å². The van der Waals surface area contributed by atoms with Gasteiger partial charge in [-0.1, -0.05) is 66.2 Å². The lowest BCUT2D eigenvalue weighted by Gasteiger charge is -2.17. The molecule has 0 aliphatic carbocycles. The fourth-order valence-electron chi connectivity index (χ4n) is 3.61. The molecule has 0 bridgehead atoms. The summed E-state index contributed by atoms with van der Waals surface area (Å²) >= 11 is 7.72. The lowest BCUT2D eigenvalue weighted by molar-refractivity contribution is -0.130. The number of hydrogen-bond acceptors (Lipinski definition) is 4. The summed E-state index contributed by atoms with van der Waals surface area (Å²) in [5.74, 6) is -0.206. The predicted octanol–water partition coefficient (Wildman–Crippen LogP) is 5.09. The minimum atomic E-state index is -0.155. The van der Waals surface area contributed by atoms with Crippen molar-refractivity contribution in [2.24, 2.45) is 0 Å². The van der Waals surface area contributed by atoms with Gasteiger partial charge in [-0.2, -0.15) is 5.10 Å². The molecule has 2 aromatic carbocycles. The molecule has 6 nitrogen and oxygen atoms in total. The van der Waals surface area contributed by atoms with Gasteiger partial charge in [-0.05, 0) is 23.1 Å². The molecule has 0 aliphatic rings. The molecule has 0 radical (unpaired) electrons. The van der Waals surface area contributed by atoms with E-state index >= 15 is 0 Å². The Morgan fingerprint density at radius 2 is 1.79 bits per heavy atom. The predicted molar refractivity (Wildman–Crippen MR) is 136 cm³/mol. The first-order valence-corrected chi connectivity index (χ1v) is 12.2. The fourth-order valence-corrected chi connectivity index (χ4v) is 4.45. The molecule has 0 saturated heterocycles. The van der Waals surface area contributed by atoms with Crippen LogP contribution in [0.4, 0.5) is 0 Å². The van der Waals surface area contributed by atoms with Crippen LogP contribution in [0.5, 0.6) is 0 Å². The van der Waals surface area contributed by atoms with Crippen LogP contribution in [-0.2, 0) is 17.9 Å². The highest BCUT2D eigenvalue weighted by Gasteiger charge is 2.17. The van der Waals surface area contributed by atoms with Crippen molar-refractivity contribution in [3.05, 3.63) is 99.3 Å². The van der Waals surface area contributed by atoms with Gasteiger partial charge in [-0.15, -0.1) is 11.3 Å². The third-order valence-corrected chi connectivity index (χ3v) is 6.61. The zero-order valence-electron chi connectivity index (χ0n) is 18.8. The Kier molecular flexibility index (Phi) is 7.77. The molecule has 2 aromatic heterocycles. The number of carbonyl (C=O) groups excluding carboxylic acids is 2. The number of thiophene rings is 1. The topological polar surface area (TPSA) is 67.2 Å². The van der Waals surface area contributed by atoms with Crippen molar-refractivity contribution in [1.29, 1.82) is 0 Å². The summed E-state index contributed by atoms with van der Waals surface area (Å²) in [4.78, 5) is 27.1. The monoisotopic (exact) mass is 492 g/mol. The van der Waals surface area contributed by atoms with E-state index in [1.54, 1.807) is 18.0 Å². The van der Waals surface area contributed by atoms with Crippen molar-refractivity contribution in [2.75, 3.05) is 13.6 Å². The van der Waals surface area contributed by atoms with Gasteiger partial charge in [0.2, 0.25) is 5.91 Å². The molecule has 0 saturated carbocycles. The zero-order valence-corrected chi connectivity index (χ0v) is 20.4. The van der Waals surface area contributed by atoms with Gasteiger partial charge >= 0.3 is 0 Å². The van der Waals surface area contributed by atoms with Crippen LogP contribution in [0.15, 0.2) is 78.3 Å². The molecular formula is C26H25ClN4O2S. The Balaban J connectivity index is 1.45. The van der Waals surface area contributed by atoms with Gasteiger partial charge in [0.15, 0.2) is 0 Å². The molecular weight excluding hydrogens is 468 g/mol. The first-order valence-electron chi connectivity index (χ1n) is 10.9. The van der Waals surface area contributed by atoms with Crippen LogP contribution < -0.4 is 5.32 Å². The Morgan fingerprint density at radius 1 is 1.03 bits per heavy atom. The van der Waals surface area contributed by atoms with Gasteiger partial charge in [0.25, 0.3) is 5.91 Å². The maximum Gasteiger partial charge on any atom is 0.261 e. The van der Waals surface area contributed by atoms with Crippen molar-refractivity contribution >= 4 is 34.8 Å². The number of benzene rings is 2. The Bertz CT molecular complexity index is 1260. The number of halogens is 1. The van der Waals surface area contributed by atoms with Crippen LogP contribution in [-0.4, -0.2) is 40.1 Å². The Labute approximate surface area is 207 Å². The molecule has 2 amide bonds. The second kappa shape index (κ2) is 11.1. The van der Waals surface area contributed by atoms with Crippen molar-refractivity contribution in [3.8, 4) is 11.3 Å². The molecule has 0 unspecified atom stereocenters. The molecule has 174 valence electrons. The molecule has 4 rings (SSSR count). The number of nitrogens with one attached hydrogen (secondary N) is 1. The summed E-state index contributed by atoms with van der Waals surface area (Å²) in [6.07, 6.45) is 2.19. The number of amides is 2. The van der Waals surface area contributed by atoms with E-state index in [2.05, 4.69) is 5.32 Å². The first kappa shape index (κ1) is 23.7. The zero-order chi connectivity index (χ0) is 23.9. The molecule has 4 aromatic rings. The molecule has 0 aliphatic heterocycles. The maximum absolute atomic E-state index is 12.7. The van der Waals surface area contributed by atoms with E-state index < -0.39 is 0 Å². The van der Waals surface area contributed by atoms with E-state index in [9.17, 15) is 9.59 Å². The molecule has 1 N–H and O–H groups in total. The molecule has 2 heterocycles.